The minimum absolute atomic E-state index is 0.0980. The van der Waals surface area contributed by atoms with Gasteiger partial charge in [-0.3, -0.25) is 9.78 Å². The first-order valence-corrected chi connectivity index (χ1v) is 5.50. The number of pyridine rings is 1. The molecule has 0 aromatic carbocycles. The van der Waals surface area contributed by atoms with Crippen LogP contribution in [0, 0.1) is 6.92 Å². The Hall–Kier alpha value is -1.46. The summed E-state index contributed by atoms with van der Waals surface area (Å²) in [7, 11) is 1.59. The summed E-state index contributed by atoms with van der Waals surface area (Å²) >= 11 is 0. The fourth-order valence-corrected chi connectivity index (χ4v) is 1.42. The lowest BCUT2D eigenvalue weighted by atomic mass is 10.2. The van der Waals surface area contributed by atoms with Crippen LogP contribution < -0.4 is 5.32 Å². The molecule has 1 aromatic heterocycles. The molecule has 0 radical (unpaired) electrons. The number of hydrogen-bond acceptors (Lipinski definition) is 4. The lowest BCUT2D eigenvalue weighted by Crippen LogP contribution is -2.38. The summed E-state index contributed by atoms with van der Waals surface area (Å²) in [5, 5.41) is 11.9. The van der Waals surface area contributed by atoms with Crippen molar-refractivity contribution in [1.29, 1.82) is 0 Å². The van der Waals surface area contributed by atoms with Crippen LogP contribution in [0.3, 0.4) is 0 Å². The summed E-state index contributed by atoms with van der Waals surface area (Å²) < 4.78 is 4.91. The molecule has 1 aromatic rings. The number of carbonyl (C=O) groups is 1. The van der Waals surface area contributed by atoms with E-state index < -0.39 is 0 Å². The van der Waals surface area contributed by atoms with Crippen LogP contribution >= 0.6 is 0 Å². The second-order valence-electron chi connectivity index (χ2n) is 3.82. The second-order valence-corrected chi connectivity index (χ2v) is 3.82. The van der Waals surface area contributed by atoms with Crippen molar-refractivity contribution < 1.29 is 14.6 Å². The van der Waals surface area contributed by atoms with Gasteiger partial charge in [0.1, 0.15) is 0 Å². The fourth-order valence-electron chi connectivity index (χ4n) is 1.42. The summed E-state index contributed by atoms with van der Waals surface area (Å²) in [4.78, 5) is 15.9. The van der Waals surface area contributed by atoms with E-state index in [9.17, 15) is 4.79 Å². The minimum atomic E-state index is -0.282. The van der Waals surface area contributed by atoms with Crippen LogP contribution in [0.1, 0.15) is 22.5 Å². The van der Waals surface area contributed by atoms with Crippen molar-refractivity contribution in [2.45, 2.75) is 19.4 Å². The zero-order chi connectivity index (χ0) is 12.7. The highest BCUT2D eigenvalue weighted by Gasteiger charge is 2.12. The SMILES string of the molecule is COCCC(CO)NC(=O)c1ccnc(C)c1. The van der Waals surface area contributed by atoms with E-state index in [-0.39, 0.29) is 18.6 Å². The number of aryl methyl sites for hydroxylation is 1. The highest BCUT2D eigenvalue weighted by molar-refractivity contribution is 5.94. The predicted octanol–water partition coefficient (Wildman–Crippen LogP) is 0.517. The molecule has 1 heterocycles. The molecule has 1 unspecified atom stereocenters. The van der Waals surface area contributed by atoms with E-state index in [1.54, 1.807) is 25.4 Å². The summed E-state index contributed by atoms with van der Waals surface area (Å²) in [6.45, 7) is 2.23. The highest BCUT2D eigenvalue weighted by Crippen LogP contribution is 2.02. The third-order valence-corrected chi connectivity index (χ3v) is 2.38. The Balaban J connectivity index is 2.58. The highest BCUT2D eigenvalue weighted by atomic mass is 16.5. The molecule has 0 aliphatic rings. The van der Waals surface area contributed by atoms with Crippen LogP contribution in [0.4, 0.5) is 0 Å². The molecule has 0 aliphatic carbocycles. The lowest BCUT2D eigenvalue weighted by molar-refractivity contribution is 0.0894. The molecular weight excluding hydrogens is 220 g/mol. The Kier molecular flexibility index (Phi) is 5.59. The smallest absolute Gasteiger partial charge is 0.251 e. The number of methoxy groups -OCH3 is 1. The van der Waals surface area contributed by atoms with E-state index in [1.165, 1.54) is 0 Å². The van der Waals surface area contributed by atoms with Crippen molar-refractivity contribution in [2.75, 3.05) is 20.3 Å². The van der Waals surface area contributed by atoms with E-state index in [2.05, 4.69) is 10.3 Å². The first-order valence-electron chi connectivity index (χ1n) is 5.50. The van der Waals surface area contributed by atoms with Crippen molar-refractivity contribution in [3.05, 3.63) is 29.6 Å². The molecule has 2 N–H and O–H groups in total. The van der Waals surface area contributed by atoms with Crippen molar-refractivity contribution in [1.82, 2.24) is 10.3 Å². The van der Waals surface area contributed by atoms with E-state index in [1.807, 2.05) is 6.92 Å². The van der Waals surface area contributed by atoms with Crippen LogP contribution in [0.5, 0.6) is 0 Å². The maximum Gasteiger partial charge on any atom is 0.251 e. The molecule has 0 saturated heterocycles. The summed E-state index contributed by atoms with van der Waals surface area (Å²) in [6, 6.07) is 3.07. The van der Waals surface area contributed by atoms with Gasteiger partial charge in [0, 0.05) is 31.2 Å². The average molecular weight is 238 g/mol. The number of hydrogen-bond donors (Lipinski definition) is 2. The number of ether oxygens (including phenoxy) is 1. The first-order chi connectivity index (χ1) is 8.17. The van der Waals surface area contributed by atoms with E-state index in [0.717, 1.165) is 5.69 Å². The van der Waals surface area contributed by atoms with Crippen molar-refractivity contribution in [2.24, 2.45) is 0 Å². The zero-order valence-electron chi connectivity index (χ0n) is 10.1. The molecule has 0 fully saturated rings. The zero-order valence-corrected chi connectivity index (χ0v) is 10.1. The van der Waals surface area contributed by atoms with Crippen LogP contribution in [0.25, 0.3) is 0 Å². The van der Waals surface area contributed by atoms with E-state index >= 15 is 0 Å². The Morgan fingerprint density at radius 3 is 3.00 bits per heavy atom. The number of amides is 1. The molecule has 0 bridgehead atoms. The number of carbonyl (C=O) groups excluding carboxylic acids is 1. The van der Waals surface area contributed by atoms with Gasteiger partial charge in [-0.05, 0) is 25.5 Å². The molecule has 0 aliphatic heterocycles. The van der Waals surface area contributed by atoms with Gasteiger partial charge in [-0.2, -0.15) is 0 Å². The summed E-state index contributed by atoms with van der Waals surface area (Å²) in [5.41, 5.74) is 1.34. The maximum atomic E-state index is 11.8. The second kappa shape index (κ2) is 6.98. The Morgan fingerprint density at radius 1 is 1.65 bits per heavy atom. The molecule has 5 heteroatoms. The standard InChI is InChI=1S/C12H18N2O3/c1-9-7-10(3-5-13-9)12(16)14-11(8-15)4-6-17-2/h3,5,7,11,15H,4,6,8H2,1-2H3,(H,14,16). The summed E-state index contributed by atoms with van der Waals surface area (Å²) in [6.07, 6.45) is 2.18. The molecule has 1 amide bonds. The number of nitrogens with one attached hydrogen (secondary N) is 1. The predicted molar refractivity (Wildman–Crippen MR) is 63.8 cm³/mol. The molecular formula is C12H18N2O3. The fraction of sp³-hybridized carbons (Fsp3) is 0.500. The van der Waals surface area contributed by atoms with Crippen LogP contribution in [0.15, 0.2) is 18.3 Å². The number of aliphatic hydroxyl groups is 1. The van der Waals surface area contributed by atoms with Gasteiger partial charge < -0.3 is 15.2 Å². The van der Waals surface area contributed by atoms with E-state index in [4.69, 9.17) is 9.84 Å². The molecule has 0 spiro atoms. The van der Waals surface area contributed by atoms with Crippen LogP contribution in [0.2, 0.25) is 0 Å². The molecule has 0 saturated carbocycles. The third-order valence-electron chi connectivity index (χ3n) is 2.38. The van der Waals surface area contributed by atoms with Crippen molar-refractivity contribution in [3.8, 4) is 0 Å². The van der Waals surface area contributed by atoms with Crippen LogP contribution in [-0.2, 0) is 4.74 Å². The largest absolute Gasteiger partial charge is 0.394 e. The Bertz CT molecular complexity index is 369. The van der Waals surface area contributed by atoms with Crippen LogP contribution in [-0.4, -0.2) is 42.4 Å². The topological polar surface area (TPSA) is 71.5 Å². The molecule has 17 heavy (non-hydrogen) atoms. The normalized spacial score (nSPS) is 12.2. The molecule has 94 valence electrons. The molecule has 5 nitrogen and oxygen atoms in total. The number of rotatable bonds is 6. The molecule has 1 atom stereocenters. The van der Waals surface area contributed by atoms with E-state index in [0.29, 0.717) is 18.6 Å². The third kappa shape index (κ3) is 4.50. The Morgan fingerprint density at radius 2 is 2.41 bits per heavy atom. The molecule has 1 rings (SSSR count). The Labute approximate surface area is 101 Å². The number of aliphatic hydroxyl groups excluding tert-OH is 1. The average Bonchev–Trinajstić information content (AvgIpc) is 2.34. The van der Waals surface area contributed by atoms with Gasteiger partial charge in [-0.1, -0.05) is 0 Å². The van der Waals surface area contributed by atoms with Gasteiger partial charge >= 0.3 is 0 Å². The van der Waals surface area contributed by atoms with Crippen molar-refractivity contribution >= 4 is 5.91 Å². The lowest BCUT2D eigenvalue weighted by Gasteiger charge is -2.15. The summed E-state index contributed by atoms with van der Waals surface area (Å²) in [5.74, 6) is -0.203. The quantitative estimate of drug-likeness (QED) is 0.758. The number of nitrogens with zero attached hydrogens (tertiary/aromatic N) is 1. The monoisotopic (exact) mass is 238 g/mol. The van der Waals surface area contributed by atoms with Gasteiger partial charge in [0.15, 0.2) is 0 Å². The minimum Gasteiger partial charge on any atom is -0.394 e. The van der Waals surface area contributed by atoms with Crippen molar-refractivity contribution in [3.63, 3.8) is 0 Å². The first kappa shape index (κ1) is 13.6. The van der Waals surface area contributed by atoms with Gasteiger partial charge in [0.25, 0.3) is 5.91 Å². The number of aromatic nitrogens is 1. The van der Waals surface area contributed by atoms with Gasteiger partial charge in [-0.25, -0.2) is 0 Å². The maximum absolute atomic E-state index is 11.8. The van der Waals surface area contributed by atoms with Gasteiger partial charge in [0.2, 0.25) is 0 Å². The van der Waals surface area contributed by atoms with Gasteiger partial charge in [0.05, 0.1) is 12.6 Å². The van der Waals surface area contributed by atoms with Gasteiger partial charge in [-0.15, -0.1) is 0 Å².